The normalized spacial score (nSPS) is 10.9. The minimum atomic E-state index is -0.316. The van der Waals surface area contributed by atoms with E-state index in [1.165, 1.54) is 12.4 Å². The molecule has 3 heterocycles. The lowest BCUT2D eigenvalue weighted by molar-refractivity contribution is -0.111. The average Bonchev–Trinajstić information content (AvgIpc) is 3.35. The third kappa shape index (κ3) is 5.58. The fourth-order valence-corrected chi connectivity index (χ4v) is 3.58. The van der Waals surface area contributed by atoms with Crippen molar-refractivity contribution >= 4 is 40.0 Å². The highest BCUT2D eigenvalue weighted by atomic mass is 16.5. The summed E-state index contributed by atoms with van der Waals surface area (Å²) in [7, 11) is 7.57. The number of hydrogen-bond donors (Lipinski definition) is 3. The predicted molar refractivity (Wildman–Crippen MR) is 142 cm³/mol. The first-order chi connectivity index (χ1) is 17.4. The fourth-order valence-electron chi connectivity index (χ4n) is 3.58. The number of fused-ring (bicyclic) bond motifs is 1. The van der Waals surface area contributed by atoms with E-state index in [1.54, 1.807) is 19.4 Å². The molecule has 36 heavy (non-hydrogen) atoms. The van der Waals surface area contributed by atoms with E-state index in [0.29, 0.717) is 28.9 Å². The summed E-state index contributed by atoms with van der Waals surface area (Å²) in [5.74, 6) is 1.05. The summed E-state index contributed by atoms with van der Waals surface area (Å²) in [6.45, 7) is 5.15. The molecule has 0 aliphatic rings. The summed E-state index contributed by atoms with van der Waals surface area (Å²) in [6.07, 6.45) is 6.20. The lowest BCUT2D eigenvalue weighted by atomic mass is 10.2. The molecule has 11 nitrogen and oxygen atoms in total. The number of benzene rings is 1. The minimum absolute atomic E-state index is 0.316. The molecule has 11 heteroatoms. The molecule has 0 bridgehead atoms. The zero-order valence-corrected chi connectivity index (χ0v) is 20.7. The van der Waals surface area contributed by atoms with Crippen LogP contribution < -0.4 is 20.3 Å². The number of methoxy groups -OCH3 is 1. The Morgan fingerprint density at radius 1 is 1.14 bits per heavy atom. The third-order valence-electron chi connectivity index (χ3n) is 5.53. The lowest BCUT2D eigenvalue weighted by Gasteiger charge is -2.25. The summed E-state index contributed by atoms with van der Waals surface area (Å²) in [5.41, 5.74) is 3.53. The van der Waals surface area contributed by atoms with E-state index in [1.807, 2.05) is 45.5 Å². The molecule has 0 spiro atoms. The van der Waals surface area contributed by atoms with Gasteiger partial charge in [-0.05, 0) is 38.4 Å². The number of hydrogen-bond acceptors (Lipinski definition) is 9. The van der Waals surface area contributed by atoms with Gasteiger partial charge in [0.05, 0.1) is 24.2 Å². The summed E-state index contributed by atoms with van der Waals surface area (Å²) in [5, 5.41) is 7.04. The van der Waals surface area contributed by atoms with Gasteiger partial charge in [-0.25, -0.2) is 15.0 Å². The van der Waals surface area contributed by atoms with E-state index in [9.17, 15) is 4.79 Å². The quantitative estimate of drug-likeness (QED) is 0.289. The highest BCUT2D eigenvalue weighted by Crippen LogP contribution is 2.38. The number of amides is 1. The smallest absolute Gasteiger partial charge is 0.247 e. The largest absolute Gasteiger partial charge is 0.494 e. The zero-order chi connectivity index (χ0) is 25.7. The molecule has 0 aliphatic carbocycles. The molecule has 186 valence electrons. The first kappa shape index (κ1) is 24.6. The molecule has 0 aliphatic heterocycles. The standard InChI is InChI=1S/C25H29N9O2/c1-6-22(35)30-18-12-19(21(36-5)13-20(18)34(4)10-9-33(2)3)31-25-29-15-28-24(32-25)17-11-16-7-8-26-23(16)27-14-17/h6-8,11-15H,1,9-10H2,2-5H3,(H,26,27)(H,30,35)(H,28,29,31,32). The van der Waals surface area contributed by atoms with Crippen molar-refractivity contribution in [2.45, 2.75) is 0 Å². The average molecular weight is 488 g/mol. The molecule has 3 aromatic heterocycles. The zero-order valence-electron chi connectivity index (χ0n) is 20.7. The van der Waals surface area contributed by atoms with E-state index in [0.717, 1.165) is 35.4 Å². The van der Waals surface area contributed by atoms with Crippen LogP contribution in [0, 0.1) is 0 Å². The number of rotatable bonds is 10. The number of aromatic nitrogens is 5. The van der Waals surface area contributed by atoms with E-state index < -0.39 is 0 Å². The van der Waals surface area contributed by atoms with Gasteiger partial charge in [-0.1, -0.05) is 6.58 Å². The maximum absolute atomic E-state index is 12.2. The molecule has 0 fully saturated rings. The van der Waals surface area contributed by atoms with Gasteiger partial charge in [-0.15, -0.1) is 0 Å². The summed E-state index contributed by atoms with van der Waals surface area (Å²) < 4.78 is 5.66. The Morgan fingerprint density at radius 2 is 1.97 bits per heavy atom. The second-order valence-electron chi connectivity index (χ2n) is 8.39. The van der Waals surface area contributed by atoms with Gasteiger partial charge in [-0.2, -0.15) is 4.98 Å². The van der Waals surface area contributed by atoms with Crippen molar-refractivity contribution < 1.29 is 9.53 Å². The molecule has 4 aromatic rings. The number of H-pyrrole nitrogens is 1. The Balaban J connectivity index is 1.67. The number of ether oxygens (including phenoxy) is 1. The highest BCUT2D eigenvalue weighted by Gasteiger charge is 2.17. The molecule has 0 saturated heterocycles. The first-order valence-corrected chi connectivity index (χ1v) is 11.3. The van der Waals surface area contributed by atoms with Crippen molar-refractivity contribution in [2.24, 2.45) is 0 Å². The van der Waals surface area contributed by atoms with Crippen LogP contribution in [0.1, 0.15) is 0 Å². The Hall–Kier alpha value is -4.51. The van der Waals surface area contributed by atoms with E-state index in [4.69, 9.17) is 4.74 Å². The number of carbonyl (C=O) groups is 1. The van der Waals surface area contributed by atoms with Crippen LogP contribution in [0.4, 0.5) is 23.0 Å². The van der Waals surface area contributed by atoms with Gasteiger partial charge >= 0.3 is 0 Å². The molecule has 4 rings (SSSR count). The molecular weight excluding hydrogens is 458 g/mol. The summed E-state index contributed by atoms with van der Waals surface area (Å²) in [6, 6.07) is 7.55. The van der Waals surface area contributed by atoms with Gasteiger partial charge < -0.3 is 30.2 Å². The van der Waals surface area contributed by atoms with Crippen LogP contribution >= 0.6 is 0 Å². The third-order valence-corrected chi connectivity index (χ3v) is 5.53. The van der Waals surface area contributed by atoms with Gasteiger partial charge in [0.25, 0.3) is 0 Å². The number of anilines is 4. The van der Waals surface area contributed by atoms with Crippen LogP contribution in [0.25, 0.3) is 22.4 Å². The maximum atomic E-state index is 12.2. The molecular formula is C25H29N9O2. The molecule has 0 unspecified atom stereocenters. The van der Waals surface area contributed by atoms with Crippen molar-refractivity contribution in [2.75, 3.05) is 56.9 Å². The van der Waals surface area contributed by atoms with Crippen LogP contribution in [0.5, 0.6) is 5.75 Å². The van der Waals surface area contributed by atoms with Crippen molar-refractivity contribution in [3.63, 3.8) is 0 Å². The maximum Gasteiger partial charge on any atom is 0.247 e. The van der Waals surface area contributed by atoms with Crippen molar-refractivity contribution in [1.82, 2.24) is 29.8 Å². The number of aromatic amines is 1. The molecule has 1 aromatic carbocycles. The fraction of sp³-hybridized carbons (Fsp3) is 0.240. The second kappa shape index (κ2) is 10.8. The topological polar surface area (TPSA) is 124 Å². The van der Waals surface area contributed by atoms with Crippen molar-refractivity contribution in [3.8, 4) is 17.1 Å². The number of likely N-dealkylation sites (N-methyl/N-ethyl adjacent to an activating group) is 2. The van der Waals surface area contributed by atoms with E-state index >= 15 is 0 Å². The van der Waals surface area contributed by atoms with Crippen molar-refractivity contribution in [1.29, 1.82) is 0 Å². The first-order valence-electron chi connectivity index (χ1n) is 11.3. The van der Waals surface area contributed by atoms with Crippen LogP contribution in [-0.4, -0.2) is 77.1 Å². The van der Waals surface area contributed by atoms with Crippen LogP contribution in [0.15, 0.2) is 55.6 Å². The summed E-state index contributed by atoms with van der Waals surface area (Å²) in [4.78, 5) is 36.9. The minimum Gasteiger partial charge on any atom is -0.494 e. The van der Waals surface area contributed by atoms with E-state index in [2.05, 4.69) is 51.9 Å². The SMILES string of the molecule is C=CC(=O)Nc1cc(Nc2ncnc(-c3cnc4[nH]ccc4c3)n2)c(OC)cc1N(C)CCN(C)C. The number of nitrogens with one attached hydrogen (secondary N) is 3. The molecule has 0 radical (unpaired) electrons. The Labute approximate surface area is 209 Å². The van der Waals surface area contributed by atoms with Gasteiger partial charge in [0.1, 0.15) is 17.7 Å². The number of nitrogens with zero attached hydrogens (tertiary/aromatic N) is 6. The summed E-state index contributed by atoms with van der Waals surface area (Å²) >= 11 is 0. The van der Waals surface area contributed by atoms with Gasteiger partial charge in [0.2, 0.25) is 11.9 Å². The molecule has 0 saturated carbocycles. The van der Waals surface area contributed by atoms with Gasteiger partial charge in [0, 0.05) is 49.5 Å². The Kier molecular flexibility index (Phi) is 7.40. The van der Waals surface area contributed by atoms with Crippen molar-refractivity contribution in [3.05, 3.63) is 55.6 Å². The molecule has 3 N–H and O–H groups in total. The van der Waals surface area contributed by atoms with Crippen LogP contribution in [-0.2, 0) is 4.79 Å². The van der Waals surface area contributed by atoms with Gasteiger partial charge in [0.15, 0.2) is 5.82 Å². The monoisotopic (exact) mass is 487 g/mol. The molecule has 0 atom stereocenters. The Morgan fingerprint density at radius 3 is 2.72 bits per heavy atom. The number of carbonyl (C=O) groups excluding carboxylic acids is 1. The van der Waals surface area contributed by atoms with Gasteiger partial charge in [-0.3, -0.25) is 4.79 Å². The highest BCUT2D eigenvalue weighted by molar-refractivity contribution is 6.02. The predicted octanol–water partition coefficient (Wildman–Crippen LogP) is 3.29. The van der Waals surface area contributed by atoms with Crippen LogP contribution in [0.3, 0.4) is 0 Å². The second-order valence-corrected chi connectivity index (χ2v) is 8.39. The lowest BCUT2D eigenvalue weighted by Crippen LogP contribution is -2.29. The van der Waals surface area contributed by atoms with E-state index in [-0.39, 0.29) is 5.91 Å². The Bertz CT molecular complexity index is 1380. The molecule has 1 amide bonds. The van der Waals surface area contributed by atoms with Crippen LogP contribution in [0.2, 0.25) is 0 Å². The number of pyridine rings is 1.